The molecule has 1 aliphatic heterocycles. The lowest BCUT2D eigenvalue weighted by Crippen LogP contribution is -2.26. The summed E-state index contributed by atoms with van der Waals surface area (Å²) in [5.41, 5.74) is 2.16. The lowest BCUT2D eigenvalue weighted by molar-refractivity contribution is 0.188. The molecule has 0 spiro atoms. The van der Waals surface area contributed by atoms with E-state index in [1.54, 1.807) is 13.2 Å². The van der Waals surface area contributed by atoms with Crippen LogP contribution in [0.25, 0.3) is 0 Å². The van der Waals surface area contributed by atoms with E-state index in [-0.39, 0.29) is 5.82 Å². The van der Waals surface area contributed by atoms with Crippen LogP contribution in [0.3, 0.4) is 0 Å². The van der Waals surface area contributed by atoms with Crippen LogP contribution >= 0.6 is 0 Å². The van der Waals surface area contributed by atoms with Gasteiger partial charge in [-0.15, -0.1) is 0 Å². The second kappa shape index (κ2) is 4.62. The van der Waals surface area contributed by atoms with Crippen molar-refractivity contribution in [1.29, 1.82) is 0 Å². The van der Waals surface area contributed by atoms with Crippen molar-refractivity contribution >= 4 is 5.69 Å². The van der Waals surface area contributed by atoms with Gasteiger partial charge in [-0.1, -0.05) is 0 Å². The first-order chi connectivity index (χ1) is 7.29. The monoisotopic (exact) mass is 209 g/mol. The van der Waals surface area contributed by atoms with E-state index in [4.69, 9.17) is 4.74 Å². The van der Waals surface area contributed by atoms with Gasteiger partial charge in [0.1, 0.15) is 5.82 Å². The van der Waals surface area contributed by atoms with Crippen LogP contribution < -0.4 is 5.32 Å². The minimum absolute atomic E-state index is 0.147. The molecule has 0 bridgehead atoms. The predicted molar refractivity (Wildman–Crippen MR) is 58.6 cm³/mol. The van der Waals surface area contributed by atoms with Crippen molar-refractivity contribution in [2.45, 2.75) is 25.3 Å². The molecule has 0 aliphatic carbocycles. The molecule has 2 nitrogen and oxygen atoms in total. The Kier molecular flexibility index (Phi) is 3.21. The number of hydrogen-bond donors (Lipinski definition) is 1. The Morgan fingerprint density at radius 2 is 2.40 bits per heavy atom. The molecule has 0 radical (unpaired) electrons. The molecule has 82 valence electrons. The fourth-order valence-corrected chi connectivity index (χ4v) is 2.01. The molecule has 1 N–H and O–H groups in total. The van der Waals surface area contributed by atoms with E-state index in [0.29, 0.717) is 6.04 Å². The first-order valence-electron chi connectivity index (χ1n) is 5.33. The molecule has 1 aromatic rings. The van der Waals surface area contributed by atoms with Crippen molar-refractivity contribution in [2.75, 3.05) is 19.0 Å². The number of methoxy groups -OCH3 is 1. The summed E-state index contributed by atoms with van der Waals surface area (Å²) in [6.07, 6.45) is 3.02. The molecule has 1 atom stereocenters. The molecule has 0 fully saturated rings. The Labute approximate surface area is 89.4 Å². The highest BCUT2D eigenvalue weighted by Gasteiger charge is 2.17. The molecule has 0 aromatic heterocycles. The van der Waals surface area contributed by atoms with Crippen molar-refractivity contribution in [3.8, 4) is 0 Å². The highest BCUT2D eigenvalue weighted by atomic mass is 19.1. The molecule has 1 unspecified atom stereocenters. The number of halogens is 1. The third-order valence-corrected chi connectivity index (χ3v) is 2.86. The Morgan fingerprint density at radius 3 is 3.20 bits per heavy atom. The predicted octanol–water partition coefficient (Wildman–Crippen LogP) is 2.59. The summed E-state index contributed by atoms with van der Waals surface area (Å²) >= 11 is 0. The zero-order valence-corrected chi connectivity index (χ0v) is 8.92. The van der Waals surface area contributed by atoms with Crippen LogP contribution in [0.4, 0.5) is 10.1 Å². The molecular formula is C12H16FNO. The Hall–Kier alpha value is -1.09. The van der Waals surface area contributed by atoms with Gasteiger partial charge >= 0.3 is 0 Å². The molecule has 1 aromatic carbocycles. The minimum Gasteiger partial charge on any atom is -0.385 e. The topological polar surface area (TPSA) is 21.3 Å². The summed E-state index contributed by atoms with van der Waals surface area (Å²) in [6.45, 7) is 0.772. The Bertz CT molecular complexity index is 340. The molecule has 15 heavy (non-hydrogen) atoms. The number of ether oxygens (including phenoxy) is 1. The van der Waals surface area contributed by atoms with E-state index in [1.807, 2.05) is 6.07 Å². The normalized spacial score (nSPS) is 19.5. The highest BCUT2D eigenvalue weighted by Crippen LogP contribution is 2.26. The molecule has 1 aliphatic rings. The van der Waals surface area contributed by atoms with Crippen LogP contribution in [0.5, 0.6) is 0 Å². The summed E-state index contributed by atoms with van der Waals surface area (Å²) in [7, 11) is 1.71. The van der Waals surface area contributed by atoms with E-state index in [0.717, 1.165) is 37.1 Å². The molecule has 3 heteroatoms. The molecule has 0 saturated heterocycles. The lowest BCUT2D eigenvalue weighted by Gasteiger charge is -2.26. The summed E-state index contributed by atoms with van der Waals surface area (Å²) in [5.74, 6) is -0.147. The molecule has 0 saturated carbocycles. The van der Waals surface area contributed by atoms with Crippen molar-refractivity contribution in [2.24, 2.45) is 0 Å². The zero-order chi connectivity index (χ0) is 10.7. The average Bonchev–Trinajstić information content (AvgIpc) is 2.26. The van der Waals surface area contributed by atoms with Crippen LogP contribution in [0, 0.1) is 5.82 Å². The van der Waals surface area contributed by atoms with Gasteiger partial charge in [-0.05, 0) is 43.0 Å². The van der Waals surface area contributed by atoms with Gasteiger partial charge in [0.15, 0.2) is 0 Å². The highest BCUT2D eigenvalue weighted by molar-refractivity contribution is 5.53. The van der Waals surface area contributed by atoms with Gasteiger partial charge in [-0.3, -0.25) is 0 Å². The second-order valence-corrected chi connectivity index (χ2v) is 3.96. The van der Waals surface area contributed by atoms with Gasteiger partial charge in [0.2, 0.25) is 0 Å². The van der Waals surface area contributed by atoms with Crippen LogP contribution in [-0.4, -0.2) is 19.8 Å². The van der Waals surface area contributed by atoms with Gasteiger partial charge in [0.25, 0.3) is 0 Å². The third kappa shape index (κ3) is 2.48. The number of anilines is 1. The van der Waals surface area contributed by atoms with Crippen molar-refractivity contribution in [1.82, 2.24) is 0 Å². The van der Waals surface area contributed by atoms with E-state index in [9.17, 15) is 4.39 Å². The van der Waals surface area contributed by atoms with Crippen molar-refractivity contribution in [3.05, 3.63) is 29.6 Å². The summed E-state index contributed by atoms with van der Waals surface area (Å²) in [5, 5.41) is 3.41. The summed E-state index contributed by atoms with van der Waals surface area (Å²) in [6, 6.07) is 5.41. The fourth-order valence-electron chi connectivity index (χ4n) is 2.01. The number of rotatable bonds is 3. The molecule has 0 amide bonds. The standard InChI is InChI=1S/C12H16FNO/c1-15-7-6-11-4-2-9-8-10(13)3-5-12(9)14-11/h3,5,8,11,14H,2,4,6-7H2,1H3. The Balaban J connectivity index is 2.03. The summed E-state index contributed by atoms with van der Waals surface area (Å²) < 4.78 is 18.0. The minimum atomic E-state index is -0.147. The zero-order valence-electron chi connectivity index (χ0n) is 8.92. The van der Waals surface area contributed by atoms with Gasteiger partial charge in [0.05, 0.1) is 0 Å². The van der Waals surface area contributed by atoms with Crippen LogP contribution in [0.15, 0.2) is 18.2 Å². The fraction of sp³-hybridized carbons (Fsp3) is 0.500. The number of benzene rings is 1. The lowest BCUT2D eigenvalue weighted by atomic mass is 9.96. The number of hydrogen-bond acceptors (Lipinski definition) is 2. The first-order valence-corrected chi connectivity index (χ1v) is 5.33. The smallest absolute Gasteiger partial charge is 0.123 e. The SMILES string of the molecule is COCCC1CCc2cc(F)ccc2N1. The third-order valence-electron chi connectivity index (χ3n) is 2.86. The molecule has 1 heterocycles. The van der Waals surface area contributed by atoms with Crippen LogP contribution in [-0.2, 0) is 11.2 Å². The van der Waals surface area contributed by atoms with Gasteiger partial charge in [-0.2, -0.15) is 0 Å². The van der Waals surface area contributed by atoms with E-state index in [2.05, 4.69) is 5.32 Å². The van der Waals surface area contributed by atoms with Gasteiger partial charge in [0, 0.05) is 25.4 Å². The van der Waals surface area contributed by atoms with E-state index < -0.39 is 0 Å². The summed E-state index contributed by atoms with van der Waals surface area (Å²) in [4.78, 5) is 0. The number of nitrogens with one attached hydrogen (secondary N) is 1. The van der Waals surface area contributed by atoms with Crippen molar-refractivity contribution in [3.63, 3.8) is 0 Å². The van der Waals surface area contributed by atoms with E-state index in [1.165, 1.54) is 6.07 Å². The van der Waals surface area contributed by atoms with E-state index >= 15 is 0 Å². The maximum atomic E-state index is 12.9. The Morgan fingerprint density at radius 1 is 1.53 bits per heavy atom. The van der Waals surface area contributed by atoms with Crippen LogP contribution in [0.2, 0.25) is 0 Å². The quantitative estimate of drug-likeness (QED) is 0.826. The first kappa shape index (κ1) is 10.4. The second-order valence-electron chi connectivity index (χ2n) is 3.96. The van der Waals surface area contributed by atoms with Crippen molar-refractivity contribution < 1.29 is 9.13 Å². The largest absolute Gasteiger partial charge is 0.385 e. The maximum absolute atomic E-state index is 12.9. The van der Waals surface area contributed by atoms with Gasteiger partial charge in [-0.25, -0.2) is 4.39 Å². The average molecular weight is 209 g/mol. The molecular weight excluding hydrogens is 193 g/mol. The number of fused-ring (bicyclic) bond motifs is 1. The van der Waals surface area contributed by atoms with Gasteiger partial charge < -0.3 is 10.1 Å². The van der Waals surface area contributed by atoms with Crippen LogP contribution in [0.1, 0.15) is 18.4 Å². The maximum Gasteiger partial charge on any atom is 0.123 e. The molecule has 2 rings (SSSR count). The number of aryl methyl sites for hydroxylation is 1.